The van der Waals surface area contributed by atoms with E-state index in [1.165, 1.54) is 17.2 Å². The fourth-order valence-electron chi connectivity index (χ4n) is 6.77. The van der Waals surface area contributed by atoms with E-state index in [1.807, 2.05) is 30.3 Å². The Labute approximate surface area is 256 Å². The lowest BCUT2D eigenvalue weighted by atomic mass is 9.81. The highest BCUT2D eigenvalue weighted by atomic mass is 19.4. The maximum atomic E-state index is 13.7. The number of carboxylic acid groups (broad SMARTS) is 1. The van der Waals surface area contributed by atoms with Crippen LogP contribution in [-0.4, -0.2) is 33.9 Å². The molecule has 0 amide bonds. The molecule has 7 nitrogen and oxygen atoms in total. The highest BCUT2D eigenvalue weighted by Crippen LogP contribution is 2.36. The van der Waals surface area contributed by atoms with Crippen LogP contribution in [0.4, 0.5) is 24.7 Å². The standard InChI is InChI=1S/C34H40F3N5O2/c1-3-41(20-23-8-10-26(11-9-23)33(43)44)31-18-28-7-5-4-6-27(28)17-29(31)22-42(32-12-13-40(2)39-32)21-25-14-24(19-38)15-30(16-25)34(35,36)37/h12-18,23,26H,3-11,20-22H2,1-2H3,(H,43,44). The van der Waals surface area contributed by atoms with Crippen LogP contribution in [-0.2, 0) is 43.9 Å². The van der Waals surface area contributed by atoms with Gasteiger partial charge in [-0.05, 0) is 111 Å². The van der Waals surface area contributed by atoms with Gasteiger partial charge in [0.1, 0.15) is 0 Å². The molecule has 1 aromatic heterocycles. The summed E-state index contributed by atoms with van der Waals surface area (Å²) in [5.74, 6) is 0.0768. The fourth-order valence-corrected chi connectivity index (χ4v) is 6.77. The molecular formula is C34H40F3N5O2. The Hall–Kier alpha value is -4.00. The summed E-state index contributed by atoms with van der Waals surface area (Å²) < 4.78 is 42.8. The molecule has 0 aliphatic heterocycles. The molecule has 0 spiro atoms. The van der Waals surface area contributed by atoms with E-state index in [4.69, 9.17) is 0 Å². The third-order valence-corrected chi connectivity index (χ3v) is 9.15. The van der Waals surface area contributed by atoms with Crippen LogP contribution in [0, 0.1) is 23.2 Å². The van der Waals surface area contributed by atoms with Crippen molar-refractivity contribution in [3.8, 4) is 6.07 Å². The molecule has 0 atom stereocenters. The van der Waals surface area contributed by atoms with Crippen LogP contribution in [0.3, 0.4) is 0 Å². The van der Waals surface area contributed by atoms with Crippen molar-refractivity contribution in [1.29, 1.82) is 5.26 Å². The molecule has 3 aromatic rings. The molecule has 44 heavy (non-hydrogen) atoms. The maximum absolute atomic E-state index is 13.7. The van der Waals surface area contributed by atoms with Gasteiger partial charge in [-0.1, -0.05) is 6.07 Å². The minimum atomic E-state index is -4.56. The first-order chi connectivity index (χ1) is 21.0. The van der Waals surface area contributed by atoms with Crippen LogP contribution in [0.5, 0.6) is 0 Å². The third-order valence-electron chi connectivity index (χ3n) is 9.15. The van der Waals surface area contributed by atoms with Gasteiger partial charge < -0.3 is 14.9 Å². The molecule has 0 saturated heterocycles. The lowest BCUT2D eigenvalue weighted by Gasteiger charge is -2.35. The van der Waals surface area contributed by atoms with Crippen LogP contribution >= 0.6 is 0 Å². The predicted octanol–water partition coefficient (Wildman–Crippen LogP) is 7.11. The normalized spacial score (nSPS) is 18.4. The summed E-state index contributed by atoms with van der Waals surface area (Å²) in [7, 11) is 1.81. The second-order valence-corrected chi connectivity index (χ2v) is 12.3. The van der Waals surface area contributed by atoms with Crippen molar-refractivity contribution in [2.24, 2.45) is 18.9 Å². The number of nitriles is 1. The largest absolute Gasteiger partial charge is 0.481 e. The number of fused-ring (bicyclic) bond motifs is 1. The topological polar surface area (TPSA) is 85.4 Å². The number of aryl methyl sites for hydroxylation is 3. The molecule has 0 radical (unpaired) electrons. The average Bonchev–Trinajstić information content (AvgIpc) is 3.45. The molecule has 2 aliphatic carbocycles. The minimum Gasteiger partial charge on any atom is -0.481 e. The Morgan fingerprint density at radius 1 is 1.05 bits per heavy atom. The number of hydrogen-bond donors (Lipinski definition) is 1. The Balaban J connectivity index is 1.49. The molecule has 1 saturated carbocycles. The minimum absolute atomic E-state index is 0.0277. The van der Waals surface area contributed by atoms with E-state index < -0.39 is 17.7 Å². The zero-order valence-corrected chi connectivity index (χ0v) is 25.4. The first kappa shape index (κ1) is 31.4. The van der Waals surface area contributed by atoms with Crippen LogP contribution in [0.25, 0.3) is 0 Å². The van der Waals surface area contributed by atoms with Crippen molar-refractivity contribution < 1.29 is 23.1 Å². The van der Waals surface area contributed by atoms with E-state index in [0.29, 0.717) is 36.7 Å². The Kier molecular flexibility index (Phi) is 9.52. The van der Waals surface area contributed by atoms with Crippen LogP contribution in [0.1, 0.15) is 78.8 Å². The van der Waals surface area contributed by atoms with Gasteiger partial charge in [-0.3, -0.25) is 9.48 Å². The number of nitrogens with zero attached hydrogens (tertiary/aromatic N) is 5. The van der Waals surface area contributed by atoms with Gasteiger partial charge in [-0.15, -0.1) is 0 Å². The number of hydrogen-bond acceptors (Lipinski definition) is 5. The lowest BCUT2D eigenvalue weighted by Crippen LogP contribution is -2.34. The van der Waals surface area contributed by atoms with E-state index in [2.05, 4.69) is 29.1 Å². The number of aromatic nitrogens is 2. The molecule has 0 bridgehead atoms. The number of carbonyl (C=O) groups is 1. The molecular weight excluding hydrogens is 567 g/mol. The Bertz CT molecular complexity index is 1520. The number of anilines is 2. The quantitative estimate of drug-likeness (QED) is 0.264. The van der Waals surface area contributed by atoms with Crippen molar-refractivity contribution in [3.63, 3.8) is 0 Å². The molecule has 5 rings (SSSR count). The van der Waals surface area contributed by atoms with Crippen LogP contribution < -0.4 is 9.80 Å². The number of aliphatic carboxylic acids is 1. The Morgan fingerprint density at radius 3 is 2.34 bits per heavy atom. The molecule has 2 aliphatic rings. The van der Waals surface area contributed by atoms with Gasteiger partial charge in [-0.25, -0.2) is 0 Å². The van der Waals surface area contributed by atoms with Gasteiger partial charge in [0.2, 0.25) is 0 Å². The monoisotopic (exact) mass is 607 g/mol. The molecule has 10 heteroatoms. The number of halogens is 3. The first-order valence-electron chi connectivity index (χ1n) is 15.5. The number of benzene rings is 2. The number of alkyl halides is 3. The predicted molar refractivity (Wildman–Crippen MR) is 163 cm³/mol. The second kappa shape index (κ2) is 13.3. The highest BCUT2D eigenvalue weighted by molar-refractivity contribution is 5.70. The second-order valence-electron chi connectivity index (χ2n) is 12.3. The highest BCUT2D eigenvalue weighted by Gasteiger charge is 2.32. The van der Waals surface area contributed by atoms with Crippen LogP contribution in [0.2, 0.25) is 0 Å². The molecule has 1 heterocycles. The summed E-state index contributed by atoms with van der Waals surface area (Å²) in [6.45, 7) is 4.33. The van der Waals surface area contributed by atoms with Crippen molar-refractivity contribution in [2.45, 2.75) is 77.6 Å². The van der Waals surface area contributed by atoms with Gasteiger partial charge in [0.25, 0.3) is 0 Å². The molecule has 1 fully saturated rings. The van der Waals surface area contributed by atoms with Crippen LogP contribution in [0.15, 0.2) is 42.6 Å². The number of rotatable bonds is 10. The average molecular weight is 608 g/mol. The van der Waals surface area contributed by atoms with Gasteiger partial charge in [-0.2, -0.15) is 23.5 Å². The molecule has 0 unspecified atom stereocenters. The van der Waals surface area contributed by atoms with Gasteiger partial charge >= 0.3 is 12.1 Å². The van der Waals surface area contributed by atoms with Crippen molar-refractivity contribution in [3.05, 3.63) is 76.0 Å². The summed E-state index contributed by atoms with van der Waals surface area (Å²) >= 11 is 0. The van der Waals surface area contributed by atoms with Gasteiger partial charge in [0.05, 0.1) is 23.1 Å². The van der Waals surface area contributed by atoms with Crippen molar-refractivity contribution in [1.82, 2.24) is 9.78 Å². The van der Waals surface area contributed by atoms with E-state index in [-0.39, 0.29) is 18.0 Å². The van der Waals surface area contributed by atoms with Crippen molar-refractivity contribution >= 4 is 17.5 Å². The molecule has 1 N–H and O–H groups in total. The zero-order valence-electron chi connectivity index (χ0n) is 25.4. The van der Waals surface area contributed by atoms with E-state index in [9.17, 15) is 28.3 Å². The zero-order chi connectivity index (χ0) is 31.4. The Morgan fingerprint density at radius 2 is 1.75 bits per heavy atom. The summed E-state index contributed by atoms with van der Waals surface area (Å²) in [4.78, 5) is 15.9. The first-order valence-corrected chi connectivity index (χ1v) is 15.5. The summed E-state index contributed by atoms with van der Waals surface area (Å²) in [6.07, 6.45) is 4.70. The maximum Gasteiger partial charge on any atom is 0.416 e. The van der Waals surface area contributed by atoms with E-state index >= 15 is 0 Å². The summed E-state index contributed by atoms with van der Waals surface area (Å²) in [5, 5.41) is 23.5. The SMILES string of the molecule is CCN(CC1CCC(C(=O)O)CC1)c1cc2c(cc1CN(Cc1cc(C#N)cc(C(F)(F)F)c1)c1ccn(C)n1)CCCC2. The van der Waals surface area contributed by atoms with E-state index in [0.717, 1.165) is 75.0 Å². The fraction of sp³-hybridized carbons (Fsp3) is 0.500. The third kappa shape index (κ3) is 7.37. The number of carboxylic acids is 1. The summed E-state index contributed by atoms with van der Waals surface area (Å²) in [5.41, 5.74) is 4.41. The summed E-state index contributed by atoms with van der Waals surface area (Å²) in [6, 6.07) is 11.9. The van der Waals surface area contributed by atoms with Gasteiger partial charge in [0, 0.05) is 51.2 Å². The van der Waals surface area contributed by atoms with E-state index in [1.54, 1.807) is 4.68 Å². The lowest BCUT2D eigenvalue weighted by molar-refractivity contribution is -0.143. The van der Waals surface area contributed by atoms with Crippen molar-refractivity contribution in [2.75, 3.05) is 22.9 Å². The molecule has 2 aromatic carbocycles. The van der Waals surface area contributed by atoms with Gasteiger partial charge in [0.15, 0.2) is 5.82 Å². The molecule has 234 valence electrons. The smallest absolute Gasteiger partial charge is 0.416 e.